The van der Waals surface area contributed by atoms with Crippen LogP contribution < -0.4 is 5.32 Å². The van der Waals surface area contributed by atoms with E-state index in [2.05, 4.69) is 32.7 Å². The summed E-state index contributed by atoms with van der Waals surface area (Å²) < 4.78 is 0. The summed E-state index contributed by atoms with van der Waals surface area (Å²) >= 11 is 0. The molecule has 94 valence electrons. The number of rotatable bonds is 7. The molecule has 1 atom stereocenters. The largest absolute Gasteiger partial charge is 0.313 e. The molecule has 0 spiro atoms. The van der Waals surface area contributed by atoms with Crippen LogP contribution in [0.25, 0.3) is 0 Å². The van der Waals surface area contributed by atoms with Crippen LogP contribution in [0.4, 0.5) is 0 Å². The third kappa shape index (κ3) is 3.93. The quantitative estimate of drug-likeness (QED) is 0.635. The van der Waals surface area contributed by atoms with E-state index in [9.17, 15) is 0 Å². The van der Waals surface area contributed by atoms with Gasteiger partial charge in [0.05, 0.1) is 0 Å². The van der Waals surface area contributed by atoms with Gasteiger partial charge < -0.3 is 5.32 Å². The van der Waals surface area contributed by atoms with E-state index in [1.54, 1.807) is 0 Å². The van der Waals surface area contributed by atoms with Gasteiger partial charge in [0, 0.05) is 6.04 Å². The molecule has 1 nitrogen and oxygen atoms in total. The van der Waals surface area contributed by atoms with Crippen LogP contribution in [-0.2, 0) is 0 Å². The van der Waals surface area contributed by atoms with E-state index in [1.807, 2.05) is 0 Å². The summed E-state index contributed by atoms with van der Waals surface area (Å²) in [5.41, 5.74) is 1.87. The Bertz CT molecular complexity index is 213. The number of hydrogen-bond donors (Lipinski definition) is 1. The van der Waals surface area contributed by atoms with E-state index >= 15 is 0 Å². The molecule has 1 unspecified atom stereocenters. The van der Waals surface area contributed by atoms with Gasteiger partial charge in [0.25, 0.3) is 0 Å². The summed E-state index contributed by atoms with van der Waals surface area (Å²) in [6.07, 6.45) is 9.35. The lowest BCUT2D eigenvalue weighted by atomic mass is 9.78. The number of hydrogen-bond acceptors (Lipinski definition) is 1. The molecule has 1 heteroatoms. The van der Waals surface area contributed by atoms with Gasteiger partial charge in [-0.2, -0.15) is 0 Å². The lowest BCUT2D eigenvalue weighted by Crippen LogP contribution is -2.42. The van der Waals surface area contributed by atoms with Crippen LogP contribution in [0, 0.1) is 5.41 Å². The molecule has 16 heavy (non-hydrogen) atoms. The molecule has 0 aliphatic heterocycles. The van der Waals surface area contributed by atoms with Crippen LogP contribution in [0.15, 0.2) is 12.2 Å². The van der Waals surface area contributed by atoms with Gasteiger partial charge in [0.1, 0.15) is 0 Å². The van der Waals surface area contributed by atoms with E-state index in [4.69, 9.17) is 0 Å². The Balaban J connectivity index is 2.51. The molecule has 1 fully saturated rings. The van der Waals surface area contributed by atoms with Crippen molar-refractivity contribution < 1.29 is 0 Å². The van der Waals surface area contributed by atoms with Crippen molar-refractivity contribution in [2.75, 3.05) is 6.54 Å². The SMILES string of the molecule is C=C(C)CCC(NCCC)C1(C)CCCC1. The molecule has 1 aliphatic rings. The molecule has 1 aliphatic carbocycles. The summed E-state index contributed by atoms with van der Waals surface area (Å²) in [7, 11) is 0. The molecule has 0 amide bonds. The second-order valence-corrected chi connectivity index (χ2v) is 5.86. The van der Waals surface area contributed by atoms with Crippen molar-refractivity contribution in [3.8, 4) is 0 Å². The Morgan fingerprint density at radius 2 is 2.00 bits per heavy atom. The van der Waals surface area contributed by atoms with Crippen LogP contribution in [-0.4, -0.2) is 12.6 Å². The maximum absolute atomic E-state index is 4.03. The maximum atomic E-state index is 4.03. The highest BCUT2D eigenvalue weighted by molar-refractivity contribution is 4.95. The van der Waals surface area contributed by atoms with Crippen molar-refractivity contribution in [1.29, 1.82) is 0 Å². The van der Waals surface area contributed by atoms with Crippen LogP contribution in [0.5, 0.6) is 0 Å². The minimum atomic E-state index is 0.546. The van der Waals surface area contributed by atoms with Gasteiger partial charge in [0.15, 0.2) is 0 Å². The highest BCUT2D eigenvalue weighted by Gasteiger charge is 2.35. The Morgan fingerprint density at radius 3 is 2.50 bits per heavy atom. The third-order valence-corrected chi connectivity index (χ3v) is 4.09. The van der Waals surface area contributed by atoms with E-state index in [0.29, 0.717) is 11.5 Å². The summed E-state index contributed by atoms with van der Waals surface area (Å²) in [5.74, 6) is 0. The monoisotopic (exact) mass is 223 g/mol. The fourth-order valence-electron chi connectivity index (χ4n) is 2.94. The molecule has 0 aromatic heterocycles. The molecule has 0 aromatic rings. The summed E-state index contributed by atoms with van der Waals surface area (Å²) in [4.78, 5) is 0. The molecule has 0 saturated heterocycles. The lowest BCUT2D eigenvalue weighted by molar-refractivity contribution is 0.210. The van der Waals surface area contributed by atoms with Crippen molar-refractivity contribution >= 4 is 0 Å². The topological polar surface area (TPSA) is 12.0 Å². The zero-order chi connectivity index (χ0) is 12.0. The molecule has 1 rings (SSSR count). The highest BCUT2D eigenvalue weighted by Crippen LogP contribution is 2.42. The average Bonchev–Trinajstić information content (AvgIpc) is 2.65. The molecule has 0 aromatic carbocycles. The Labute approximate surface area is 102 Å². The molecule has 0 heterocycles. The average molecular weight is 223 g/mol. The van der Waals surface area contributed by atoms with E-state index in [0.717, 1.165) is 6.54 Å². The zero-order valence-corrected chi connectivity index (χ0v) is 11.4. The number of allylic oxidation sites excluding steroid dienone is 1. The standard InChI is InChI=1S/C15H29N/c1-5-12-16-14(9-8-13(2)3)15(4)10-6-7-11-15/h14,16H,2,5-12H2,1,3-4H3. The predicted molar refractivity (Wildman–Crippen MR) is 72.7 cm³/mol. The first-order valence-corrected chi connectivity index (χ1v) is 6.96. The van der Waals surface area contributed by atoms with Gasteiger partial charge in [-0.05, 0) is 51.0 Å². The fourth-order valence-corrected chi connectivity index (χ4v) is 2.94. The van der Waals surface area contributed by atoms with Crippen molar-refractivity contribution in [2.24, 2.45) is 5.41 Å². The molecule has 0 bridgehead atoms. The Hall–Kier alpha value is -0.300. The predicted octanol–water partition coefficient (Wildman–Crippen LogP) is 4.29. The van der Waals surface area contributed by atoms with E-state index in [-0.39, 0.29) is 0 Å². The molecular weight excluding hydrogens is 194 g/mol. The van der Waals surface area contributed by atoms with Crippen LogP contribution in [0.2, 0.25) is 0 Å². The van der Waals surface area contributed by atoms with E-state index in [1.165, 1.54) is 50.5 Å². The van der Waals surface area contributed by atoms with Crippen molar-refractivity contribution in [3.63, 3.8) is 0 Å². The molecular formula is C15H29N. The zero-order valence-electron chi connectivity index (χ0n) is 11.4. The number of nitrogens with one attached hydrogen (secondary N) is 1. The van der Waals surface area contributed by atoms with Gasteiger partial charge in [0.2, 0.25) is 0 Å². The van der Waals surface area contributed by atoms with Crippen molar-refractivity contribution in [2.45, 2.75) is 71.8 Å². The molecule has 1 saturated carbocycles. The van der Waals surface area contributed by atoms with E-state index < -0.39 is 0 Å². The Morgan fingerprint density at radius 1 is 1.38 bits per heavy atom. The van der Waals surface area contributed by atoms with Crippen molar-refractivity contribution in [1.82, 2.24) is 5.32 Å². The molecule has 0 radical (unpaired) electrons. The van der Waals surface area contributed by atoms with Crippen LogP contribution in [0.3, 0.4) is 0 Å². The van der Waals surface area contributed by atoms with Crippen LogP contribution in [0.1, 0.15) is 65.7 Å². The lowest BCUT2D eigenvalue weighted by Gasteiger charge is -2.35. The highest BCUT2D eigenvalue weighted by atomic mass is 14.9. The minimum Gasteiger partial charge on any atom is -0.313 e. The van der Waals surface area contributed by atoms with Gasteiger partial charge >= 0.3 is 0 Å². The Kier molecular flexibility index (Phi) is 5.54. The van der Waals surface area contributed by atoms with Gasteiger partial charge in [-0.3, -0.25) is 0 Å². The smallest absolute Gasteiger partial charge is 0.0124 e. The maximum Gasteiger partial charge on any atom is 0.0124 e. The van der Waals surface area contributed by atoms with Crippen molar-refractivity contribution in [3.05, 3.63) is 12.2 Å². The normalized spacial score (nSPS) is 20.9. The second kappa shape index (κ2) is 6.44. The minimum absolute atomic E-state index is 0.546. The molecule has 1 N–H and O–H groups in total. The first kappa shape index (κ1) is 13.8. The van der Waals surface area contributed by atoms with Gasteiger partial charge in [-0.1, -0.05) is 32.3 Å². The first-order valence-electron chi connectivity index (χ1n) is 6.96. The summed E-state index contributed by atoms with van der Waals surface area (Å²) in [6, 6.07) is 0.701. The third-order valence-electron chi connectivity index (χ3n) is 4.09. The van der Waals surface area contributed by atoms with Crippen LogP contribution >= 0.6 is 0 Å². The first-order chi connectivity index (χ1) is 7.58. The second-order valence-electron chi connectivity index (χ2n) is 5.86. The fraction of sp³-hybridized carbons (Fsp3) is 0.867. The van der Waals surface area contributed by atoms with Gasteiger partial charge in [-0.25, -0.2) is 0 Å². The summed E-state index contributed by atoms with van der Waals surface area (Å²) in [5, 5.41) is 3.77. The summed E-state index contributed by atoms with van der Waals surface area (Å²) in [6.45, 7) is 12.1. The van der Waals surface area contributed by atoms with Gasteiger partial charge in [-0.15, -0.1) is 6.58 Å².